The normalized spacial score (nSPS) is 26.6. The van der Waals surface area contributed by atoms with Crippen LogP contribution >= 0.6 is 0 Å². The van der Waals surface area contributed by atoms with Gasteiger partial charge in [-0.2, -0.15) is 0 Å². The molecule has 1 fully saturated rings. The summed E-state index contributed by atoms with van der Waals surface area (Å²) in [4.78, 5) is 16.6. The Labute approximate surface area is 133 Å². The van der Waals surface area contributed by atoms with E-state index < -0.39 is 0 Å². The van der Waals surface area contributed by atoms with Gasteiger partial charge < -0.3 is 9.64 Å². The van der Waals surface area contributed by atoms with E-state index in [1.54, 1.807) is 7.11 Å². The van der Waals surface area contributed by atoms with Crippen LogP contribution in [0.15, 0.2) is 24.3 Å². The number of carbonyl (C=O) groups excluding carboxylic acids is 1. The number of benzene rings is 1. The van der Waals surface area contributed by atoms with E-state index in [0.717, 1.165) is 13.1 Å². The van der Waals surface area contributed by atoms with E-state index in [1.807, 2.05) is 4.90 Å². The average molecular weight is 302 g/mol. The third kappa shape index (κ3) is 2.44. The molecular weight excluding hydrogens is 276 g/mol. The van der Waals surface area contributed by atoms with Crippen LogP contribution in [0.3, 0.4) is 0 Å². The monoisotopic (exact) mass is 302 g/mol. The van der Waals surface area contributed by atoms with Crippen molar-refractivity contribution >= 4 is 5.91 Å². The van der Waals surface area contributed by atoms with Crippen molar-refractivity contribution in [2.24, 2.45) is 5.92 Å². The van der Waals surface area contributed by atoms with Gasteiger partial charge in [0.1, 0.15) is 6.61 Å². The molecule has 0 saturated carbocycles. The number of methoxy groups -OCH3 is 1. The van der Waals surface area contributed by atoms with Crippen molar-refractivity contribution in [3.63, 3.8) is 0 Å². The van der Waals surface area contributed by atoms with Gasteiger partial charge in [0.15, 0.2) is 0 Å². The zero-order valence-corrected chi connectivity index (χ0v) is 14.0. The molecule has 3 rings (SSSR count). The number of hydrogen-bond donors (Lipinski definition) is 0. The highest BCUT2D eigenvalue weighted by Crippen LogP contribution is 2.51. The summed E-state index contributed by atoms with van der Waals surface area (Å²) >= 11 is 0. The summed E-state index contributed by atoms with van der Waals surface area (Å²) in [6.45, 7) is 6.32. The molecule has 4 heteroatoms. The highest BCUT2D eigenvalue weighted by atomic mass is 16.5. The summed E-state index contributed by atoms with van der Waals surface area (Å²) in [5.41, 5.74) is 2.88. The van der Waals surface area contributed by atoms with Crippen LogP contribution in [0.25, 0.3) is 0 Å². The topological polar surface area (TPSA) is 32.8 Å². The zero-order chi connectivity index (χ0) is 15.9. The van der Waals surface area contributed by atoms with Crippen LogP contribution < -0.4 is 0 Å². The smallest absolute Gasteiger partial charge is 0.248 e. The molecule has 0 bridgehead atoms. The number of fused-ring (bicyclic) bond motifs is 3. The molecule has 0 N–H and O–H groups in total. The van der Waals surface area contributed by atoms with Crippen LogP contribution in [-0.4, -0.2) is 55.6 Å². The first kappa shape index (κ1) is 15.5. The first-order valence-electron chi connectivity index (χ1n) is 8.12. The molecule has 0 unspecified atom stereocenters. The maximum atomic E-state index is 12.2. The third-order valence-corrected chi connectivity index (χ3v) is 5.36. The molecule has 0 aromatic heterocycles. The van der Waals surface area contributed by atoms with Gasteiger partial charge in [-0.3, -0.25) is 9.69 Å². The van der Waals surface area contributed by atoms with Crippen molar-refractivity contribution in [2.45, 2.75) is 31.8 Å². The lowest BCUT2D eigenvalue weighted by Gasteiger charge is -2.33. The molecule has 1 heterocycles. The van der Waals surface area contributed by atoms with Crippen molar-refractivity contribution in [1.29, 1.82) is 0 Å². The van der Waals surface area contributed by atoms with Gasteiger partial charge in [-0.15, -0.1) is 0 Å². The fourth-order valence-corrected chi connectivity index (χ4v) is 4.09. The number of ether oxygens (including phenoxy) is 1. The molecule has 1 amide bonds. The Morgan fingerprint density at radius 2 is 2.00 bits per heavy atom. The van der Waals surface area contributed by atoms with Crippen molar-refractivity contribution in [1.82, 2.24) is 9.80 Å². The maximum absolute atomic E-state index is 12.2. The Morgan fingerprint density at radius 3 is 2.64 bits per heavy atom. The molecule has 4 nitrogen and oxygen atoms in total. The lowest BCUT2D eigenvalue weighted by atomic mass is 9.93. The van der Waals surface area contributed by atoms with Crippen molar-refractivity contribution in [3.8, 4) is 0 Å². The van der Waals surface area contributed by atoms with Crippen molar-refractivity contribution in [2.75, 3.05) is 33.9 Å². The number of rotatable bonds is 4. The average Bonchev–Trinajstić information content (AvgIpc) is 3.03. The minimum atomic E-state index is 0.111. The van der Waals surface area contributed by atoms with Gasteiger partial charge in [0.05, 0.1) is 0 Å². The quantitative estimate of drug-likeness (QED) is 0.855. The number of nitrogens with zero attached hydrogens (tertiary/aromatic N) is 2. The summed E-state index contributed by atoms with van der Waals surface area (Å²) in [5, 5.41) is 0. The lowest BCUT2D eigenvalue weighted by molar-refractivity contribution is -0.134. The second kappa shape index (κ2) is 6.01. The van der Waals surface area contributed by atoms with Crippen molar-refractivity contribution < 1.29 is 9.53 Å². The molecule has 120 valence electrons. The highest BCUT2D eigenvalue weighted by Gasteiger charge is 2.48. The fraction of sp³-hybridized carbons (Fsp3) is 0.611. The molecule has 0 radical (unpaired) electrons. The predicted octanol–water partition coefficient (Wildman–Crippen LogP) is 2.27. The molecule has 1 aromatic rings. The number of likely N-dealkylation sites (tertiary alicyclic amines) is 1. The van der Waals surface area contributed by atoms with E-state index >= 15 is 0 Å². The first-order chi connectivity index (χ1) is 10.5. The Kier molecular flexibility index (Phi) is 4.24. The Morgan fingerprint density at radius 1 is 1.32 bits per heavy atom. The van der Waals surface area contributed by atoms with Gasteiger partial charge in [0.25, 0.3) is 0 Å². The molecule has 1 aromatic carbocycles. The largest absolute Gasteiger partial charge is 0.375 e. The number of hydrogen-bond acceptors (Lipinski definition) is 3. The minimum absolute atomic E-state index is 0.111. The molecule has 22 heavy (non-hydrogen) atoms. The third-order valence-electron chi connectivity index (χ3n) is 5.36. The van der Waals surface area contributed by atoms with Gasteiger partial charge in [0.2, 0.25) is 5.91 Å². The molecule has 1 aliphatic carbocycles. The van der Waals surface area contributed by atoms with Crippen LogP contribution in [0.1, 0.15) is 36.9 Å². The van der Waals surface area contributed by atoms with Crippen LogP contribution in [-0.2, 0) is 9.53 Å². The van der Waals surface area contributed by atoms with Crippen LogP contribution in [0.4, 0.5) is 0 Å². The molecule has 0 spiro atoms. The molecular formula is C18H26N2O2. The number of amides is 1. The maximum Gasteiger partial charge on any atom is 0.248 e. The Bertz CT molecular complexity index is 558. The van der Waals surface area contributed by atoms with Gasteiger partial charge in [0, 0.05) is 44.1 Å². The minimum Gasteiger partial charge on any atom is -0.375 e. The van der Waals surface area contributed by atoms with Crippen LogP contribution in [0.5, 0.6) is 0 Å². The summed E-state index contributed by atoms with van der Waals surface area (Å²) in [6, 6.07) is 9.65. The summed E-state index contributed by atoms with van der Waals surface area (Å²) in [7, 11) is 3.79. The van der Waals surface area contributed by atoms with Crippen LogP contribution in [0, 0.1) is 5.92 Å². The van der Waals surface area contributed by atoms with E-state index in [1.165, 1.54) is 11.1 Å². The summed E-state index contributed by atoms with van der Waals surface area (Å²) in [5.74, 6) is 1.06. The van der Waals surface area contributed by atoms with Gasteiger partial charge >= 0.3 is 0 Å². The molecule has 2 aliphatic rings. The number of carbonyl (C=O) groups is 1. The van der Waals surface area contributed by atoms with Gasteiger partial charge in [-0.1, -0.05) is 24.3 Å². The molecule has 1 saturated heterocycles. The second-order valence-corrected chi connectivity index (χ2v) is 6.84. The highest BCUT2D eigenvalue weighted by molar-refractivity contribution is 5.78. The summed E-state index contributed by atoms with van der Waals surface area (Å²) in [6.07, 6.45) is 0. The van der Waals surface area contributed by atoms with Crippen molar-refractivity contribution in [3.05, 3.63) is 35.4 Å². The predicted molar refractivity (Wildman–Crippen MR) is 86.8 cm³/mol. The standard InChI is InChI=1S/C18H26N2O2/c1-12(2)19(3)18-14-8-6-5-7-13(14)15-9-20(10-16(15)18)17(21)11-22-4/h5-8,12,15-16,18H,9-11H2,1-4H3/t15-,16-,18-/m0/s1. The first-order valence-corrected chi connectivity index (χ1v) is 8.12. The fourth-order valence-electron chi connectivity index (χ4n) is 4.09. The SMILES string of the molecule is COCC(=O)N1C[C@H]2[C@@H](C1)c1ccccc1[C@@H]2N(C)C(C)C. The van der Waals surface area contributed by atoms with E-state index in [4.69, 9.17) is 4.74 Å². The second-order valence-electron chi connectivity index (χ2n) is 6.84. The van der Waals surface area contributed by atoms with E-state index in [-0.39, 0.29) is 12.5 Å². The van der Waals surface area contributed by atoms with E-state index in [0.29, 0.717) is 23.9 Å². The molecule has 1 aliphatic heterocycles. The Balaban J connectivity index is 1.90. The molecule has 3 atom stereocenters. The van der Waals surface area contributed by atoms with Gasteiger partial charge in [-0.25, -0.2) is 0 Å². The van der Waals surface area contributed by atoms with Crippen LogP contribution in [0.2, 0.25) is 0 Å². The van der Waals surface area contributed by atoms with E-state index in [9.17, 15) is 4.79 Å². The lowest BCUT2D eigenvalue weighted by Crippen LogP contribution is -2.37. The summed E-state index contributed by atoms with van der Waals surface area (Å²) < 4.78 is 5.02. The zero-order valence-electron chi connectivity index (χ0n) is 14.0. The van der Waals surface area contributed by atoms with Gasteiger partial charge in [-0.05, 0) is 32.0 Å². The van der Waals surface area contributed by atoms with E-state index in [2.05, 4.69) is 50.1 Å². The Hall–Kier alpha value is -1.39.